The molecule has 1 aromatic heterocycles. The molecule has 1 unspecified atom stereocenters. The Bertz CT molecular complexity index is 427. The van der Waals surface area contributed by atoms with E-state index in [1.165, 1.54) is 0 Å². The predicted molar refractivity (Wildman–Crippen MR) is 70.4 cm³/mol. The minimum atomic E-state index is 0.317. The molecule has 0 bridgehead atoms. The van der Waals surface area contributed by atoms with Crippen molar-refractivity contribution in [1.82, 2.24) is 4.98 Å². The molecule has 0 spiro atoms. The topological polar surface area (TPSA) is 49.1 Å². The van der Waals surface area contributed by atoms with Gasteiger partial charge in [-0.05, 0) is 31.4 Å². The molecule has 1 aliphatic heterocycles. The second-order valence-electron chi connectivity index (χ2n) is 4.59. The van der Waals surface area contributed by atoms with Crippen LogP contribution in [0.15, 0.2) is 18.3 Å². The Morgan fingerprint density at radius 2 is 2.50 bits per heavy atom. The summed E-state index contributed by atoms with van der Waals surface area (Å²) in [6.45, 7) is 4.90. The molecule has 1 aromatic rings. The maximum Gasteiger partial charge on any atom is 0.142 e. The molecule has 1 fully saturated rings. The first-order valence-corrected chi connectivity index (χ1v) is 6.56. The largest absolute Gasteiger partial charge is 0.376 e. The fraction of sp³-hybridized carbons (Fsp3) is 0.571. The van der Waals surface area contributed by atoms with Crippen LogP contribution in [0.25, 0.3) is 0 Å². The van der Waals surface area contributed by atoms with Gasteiger partial charge in [0, 0.05) is 31.6 Å². The Morgan fingerprint density at radius 1 is 1.61 bits per heavy atom. The highest BCUT2D eigenvalue weighted by Crippen LogP contribution is 2.21. The Kier molecular flexibility index (Phi) is 4.54. The van der Waals surface area contributed by atoms with Gasteiger partial charge in [0.1, 0.15) is 11.8 Å². The monoisotopic (exact) mass is 245 g/mol. The van der Waals surface area contributed by atoms with E-state index < -0.39 is 0 Å². The maximum absolute atomic E-state index is 8.87. The van der Waals surface area contributed by atoms with Gasteiger partial charge in [-0.3, -0.25) is 0 Å². The number of hydrogen-bond acceptors (Lipinski definition) is 4. The highest BCUT2D eigenvalue weighted by atomic mass is 16.5. The molecule has 0 aliphatic carbocycles. The molecule has 4 heteroatoms. The first kappa shape index (κ1) is 12.8. The van der Waals surface area contributed by atoms with E-state index in [2.05, 4.69) is 22.9 Å². The lowest BCUT2D eigenvalue weighted by molar-refractivity contribution is 0.0440. The fourth-order valence-electron chi connectivity index (χ4n) is 2.27. The van der Waals surface area contributed by atoms with Crippen LogP contribution in [0.2, 0.25) is 0 Å². The highest BCUT2D eigenvalue weighted by molar-refractivity contribution is 5.49. The van der Waals surface area contributed by atoms with Crippen molar-refractivity contribution in [3.05, 3.63) is 24.0 Å². The van der Waals surface area contributed by atoms with Gasteiger partial charge in [0.15, 0.2) is 0 Å². The third kappa shape index (κ3) is 3.21. The second kappa shape index (κ2) is 6.36. The number of hydrogen-bond donors (Lipinski definition) is 0. The van der Waals surface area contributed by atoms with Crippen LogP contribution in [0.4, 0.5) is 5.69 Å². The summed E-state index contributed by atoms with van der Waals surface area (Å²) >= 11 is 0. The zero-order valence-electron chi connectivity index (χ0n) is 10.8. The predicted octanol–water partition coefficient (Wildman–Crippen LogP) is 2.35. The van der Waals surface area contributed by atoms with Gasteiger partial charge in [0.05, 0.1) is 6.10 Å². The zero-order chi connectivity index (χ0) is 12.8. The fourth-order valence-corrected chi connectivity index (χ4v) is 2.27. The molecule has 0 saturated carbocycles. The van der Waals surface area contributed by atoms with Gasteiger partial charge in [-0.2, -0.15) is 5.26 Å². The number of ether oxygens (including phenoxy) is 1. The molecule has 4 nitrogen and oxygen atoms in total. The zero-order valence-corrected chi connectivity index (χ0v) is 10.8. The Labute approximate surface area is 108 Å². The van der Waals surface area contributed by atoms with Crippen molar-refractivity contribution in [2.24, 2.45) is 0 Å². The van der Waals surface area contributed by atoms with Crippen LogP contribution < -0.4 is 4.90 Å². The van der Waals surface area contributed by atoms with Crippen LogP contribution in [0.5, 0.6) is 0 Å². The quantitative estimate of drug-likeness (QED) is 0.817. The Balaban J connectivity index is 2.01. The average molecular weight is 245 g/mol. The summed E-state index contributed by atoms with van der Waals surface area (Å²) < 4.78 is 5.82. The van der Waals surface area contributed by atoms with E-state index >= 15 is 0 Å². The molecule has 0 N–H and O–H groups in total. The van der Waals surface area contributed by atoms with Crippen molar-refractivity contribution in [2.45, 2.75) is 32.3 Å². The Morgan fingerprint density at radius 3 is 3.28 bits per heavy atom. The number of piperidine rings is 1. The van der Waals surface area contributed by atoms with E-state index in [0.717, 1.165) is 44.6 Å². The van der Waals surface area contributed by atoms with E-state index in [9.17, 15) is 0 Å². The van der Waals surface area contributed by atoms with Crippen molar-refractivity contribution in [2.75, 3.05) is 24.6 Å². The van der Waals surface area contributed by atoms with E-state index in [-0.39, 0.29) is 0 Å². The number of aromatic nitrogens is 1. The lowest BCUT2D eigenvalue weighted by atomic mass is 10.1. The van der Waals surface area contributed by atoms with E-state index in [1.54, 1.807) is 6.20 Å². The molecular weight excluding hydrogens is 226 g/mol. The molecule has 96 valence electrons. The van der Waals surface area contributed by atoms with E-state index in [1.807, 2.05) is 12.1 Å². The minimum absolute atomic E-state index is 0.317. The minimum Gasteiger partial charge on any atom is -0.376 e. The van der Waals surface area contributed by atoms with Crippen LogP contribution >= 0.6 is 0 Å². The van der Waals surface area contributed by atoms with Gasteiger partial charge in [-0.1, -0.05) is 6.92 Å². The van der Waals surface area contributed by atoms with Crippen molar-refractivity contribution in [3.63, 3.8) is 0 Å². The SMILES string of the molecule is CCCOC1CCCN(c2ccnc(C#N)c2)C1. The molecule has 1 atom stereocenters. The van der Waals surface area contributed by atoms with Gasteiger partial charge in [0.25, 0.3) is 0 Å². The first-order chi connectivity index (χ1) is 8.83. The summed E-state index contributed by atoms with van der Waals surface area (Å²) in [6, 6.07) is 5.89. The average Bonchev–Trinajstić information content (AvgIpc) is 2.45. The van der Waals surface area contributed by atoms with Crippen LogP contribution in [-0.2, 0) is 4.74 Å². The van der Waals surface area contributed by atoms with Gasteiger partial charge in [0.2, 0.25) is 0 Å². The summed E-state index contributed by atoms with van der Waals surface area (Å²) in [5, 5.41) is 8.87. The third-order valence-corrected chi connectivity index (χ3v) is 3.16. The number of nitrogens with zero attached hydrogens (tertiary/aromatic N) is 3. The standard InChI is InChI=1S/C14H19N3O/c1-2-8-18-14-4-3-7-17(11-14)13-5-6-16-12(9-13)10-15/h5-6,9,14H,2-4,7-8,11H2,1H3. The van der Waals surface area contributed by atoms with Gasteiger partial charge >= 0.3 is 0 Å². The van der Waals surface area contributed by atoms with Crippen LogP contribution in [-0.4, -0.2) is 30.8 Å². The van der Waals surface area contributed by atoms with Crippen LogP contribution in [0.1, 0.15) is 31.9 Å². The molecule has 0 amide bonds. The van der Waals surface area contributed by atoms with Crippen molar-refractivity contribution < 1.29 is 4.74 Å². The molecule has 1 aliphatic rings. The van der Waals surface area contributed by atoms with Gasteiger partial charge in [-0.15, -0.1) is 0 Å². The van der Waals surface area contributed by atoms with Crippen molar-refractivity contribution in [3.8, 4) is 6.07 Å². The summed E-state index contributed by atoms with van der Waals surface area (Å²) in [5.41, 5.74) is 1.55. The molecule has 1 saturated heterocycles. The molecule has 2 rings (SSSR count). The number of nitriles is 1. The third-order valence-electron chi connectivity index (χ3n) is 3.16. The molecule has 0 aromatic carbocycles. The lowest BCUT2D eigenvalue weighted by Gasteiger charge is -2.34. The summed E-state index contributed by atoms with van der Waals surface area (Å²) in [4.78, 5) is 6.29. The van der Waals surface area contributed by atoms with Crippen molar-refractivity contribution >= 4 is 5.69 Å². The van der Waals surface area contributed by atoms with Gasteiger partial charge < -0.3 is 9.64 Å². The molecular formula is C14H19N3O. The van der Waals surface area contributed by atoms with Crippen LogP contribution in [0, 0.1) is 11.3 Å². The number of pyridine rings is 1. The van der Waals surface area contributed by atoms with Crippen molar-refractivity contribution in [1.29, 1.82) is 5.26 Å². The lowest BCUT2D eigenvalue weighted by Crippen LogP contribution is -2.39. The molecule has 0 radical (unpaired) electrons. The van der Waals surface area contributed by atoms with Crippen LogP contribution in [0.3, 0.4) is 0 Å². The smallest absolute Gasteiger partial charge is 0.142 e. The number of rotatable bonds is 4. The molecule has 18 heavy (non-hydrogen) atoms. The van der Waals surface area contributed by atoms with E-state index in [4.69, 9.17) is 10.00 Å². The second-order valence-corrected chi connectivity index (χ2v) is 4.59. The summed E-state index contributed by atoms with van der Waals surface area (Å²) in [6.07, 6.45) is 5.34. The normalized spacial score (nSPS) is 19.6. The maximum atomic E-state index is 8.87. The highest BCUT2D eigenvalue weighted by Gasteiger charge is 2.20. The van der Waals surface area contributed by atoms with E-state index in [0.29, 0.717) is 11.8 Å². The summed E-state index contributed by atoms with van der Waals surface area (Å²) in [5.74, 6) is 0. The number of anilines is 1. The molecule has 2 heterocycles. The Hall–Kier alpha value is -1.60. The van der Waals surface area contributed by atoms with Gasteiger partial charge in [-0.25, -0.2) is 4.98 Å². The first-order valence-electron chi connectivity index (χ1n) is 6.56. The summed E-state index contributed by atoms with van der Waals surface area (Å²) in [7, 11) is 0.